The molecule has 0 saturated heterocycles. The van der Waals surface area contributed by atoms with Gasteiger partial charge in [0, 0.05) is 43.7 Å². The Kier molecular flexibility index (Phi) is 6.87. The van der Waals surface area contributed by atoms with E-state index in [1.54, 1.807) is 0 Å². The van der Waals surface area contributed by atoms with Crippen LogP contribution in [0.25, 0.3) is 77.5 Å². The lowest BCUT2D eigenvalue weighted by Gasteiger charge is -2.39. The van der Waals surface area contributed by atoms with E-state index in [-0.39, 0.29) is 0 Å². The molecule has 60 heavy (non-hydrogen) atoms. The molecule has 13 rings (SSSR count). The molecule has 5 nitrogen and oxygen atoms in total. The van der Waals surface area contributed by atoms with E-state index in [1.807, 2.05) is 36.3 Å². The molecular weight excluding hydrogens is 751 g/mol. The molecule has 0 fully saturated rings. The van der Waals surface area contributed by atoms with Crippen molar-refractivity contribution in [3.63, 3.8) is 0 Å². The Bertz CT molecular complexity index is 3580. The molecule has 0 atom stereocenters. The summed E-state index contributed by atoms with van der Waals surface area (Å²) in [6.07, 6.45) is 3.76. The van der Waals surface area contributed by atoms with E-state index in [0.717, 1.165) is 61.3 Å². The second kappa shape index (κ2) is 12.4. The smallest absolute Gasteiger partial charge is 0.0992 e. The van der Waals surface area contributed by atoms with Crippen molar-refractivity contribution in [2.24, 2.45) is 0 Å². The van der Waals surface area contributed by atoms with Gasteiger partial charge in [0.2, 0.25) is 0 Å². The fraction of sp³-hybridized carbons (Fsp3) is 0.0185. The van der Waals surface area contributed by atoms with Gasteiger partial charge in [0.25, 0.3) is 0 Å². The SMILES string of the molecule is N#Cc1ccc(-n2c3ccccc3c3cc(-c4ccc5c(c4)C4(c6ccccc6S5)c5cccnc5-c5ncccc54)ccc32)c(-n2c3ccccc3c3ccccc32)c1. The minimum Gasteiger partial charge on any atom is -0.307 e. The lowest BCUT2D eigenvalue weighted by atomic mass is 9.67. The second-order valence-corrected chi connectivity index (χ2v) is 16.7. The largest absolute Gasteiger partial charge is 0.307 e. The Hall–Kier alpha value is -7.72. The molecule has 0 unspecified atom stereocenters. The number of nitriles is 1. The number of hydrogen-bond acceptors (Lipinski definition) is 4. The first-order valence-corrected chi connectivity index (χ1v) is 20.9. The number of rotatable bonds is 3. The molecule has 6 heteroatoms. The van der Waals surface area contributed by atoms with Gasteiger partial charge in [-0.2, -0.15) is 5.26 Å². The predicted octanol–water partition coefficient (Wildman–Crippen LogP) is 13.0. The summed E-state index contributed by atoms with van der Waals surface area (Å²) in [5, 5.41) is 14.9. The highest BCUT2D eigenvalue weighted by molar-refractivity contribution is 7.99. The van der Waals surface area contributed by atoms with Crippen molar-refractivity contribution in [3.8, 4) is 40.0 Å². The highest BCUT2D eigenvalue weighted by Crippen LogP contribution is 2.61. The zero-order chi connectivity index (χ0) is 39.5. The van der Waals surface area contributed by atoms with Crippen LogP contribution in [0.1, 0.15) is 27.8 Å². The Morgan fingerprint density at radius 2 is 0.967 bits per heavy atom. The lowest BCUT2D eigenvalue weighted by Crippen LogP contribution is -2.32. The number of para-hydroxylation sites is 3. The highest BCUT2D eigenvalue weighted by atomic mass is 32.2. The Morgan fingerprint density at radius 3 is 1.65 bits per heavy atom. The van der Waals surface area contributed by atoms with Crippen LogP contribution in [-0.2, 0) is 5.41 Å². The summed E-state index contributed by atoms with van der Waals surface area (Å²) in [4.78, 5) is 12.4. The van der Waals surface area contributed by atoms with Crippen LogP contribution in [0.4, 0.5) is 0 Å². The monoisotopic (exact) mass is 781 g/mol. The van der Waals surface area contributed by atoms with Crippen LogP contribution in [0.15, 0.2) is 198 Å². The fourth-order valence-electron chi connectivity index (χ4n) is 10.3. The van der Waals surface area contributed by atoms with Crippen molar-refractivity contribution in [1.82, 2.24) is 19.1 Å². The van der Waals surface area contributed by atoms with Gasteiger partial charge in [-0.1, -0.05) is 109 Å². The average molecular weight is 782 g/mol. The van der Waals surface area contributed by atoms with E-state index < -0.39 is 5.41 Å². The van der Waals surface area contributed by atoms with E-state index in [9.17, 15) is 5.26 Å². The summed E-state index contributed by atoms with van der Waals surface area (Å²) in [6.45, 7) is 0. The maximum absolute atomic E-state index is 10.2. The van der Waals surface area contributed by atoms with Crippen LogP contribution in [0.3, 0.4) is 0 Å². The number of pyridine rings is 2. The quantitative estimate of drug-likeness (QED) is 0.179. The minimum atomic E-state index is -0.556. The predicted molar refractivity (Wildman–Crippen MR) is 242 cm³/mol. The first kappa shape index (κ1) is 33.3. The molecule has 1 aliphatic heterocycles. The molecule has 0 bridgehead atoms. The van der Waals surface area contributed by atoms with Gasteiger partial charge >= 0.3 is 0 Å². The fourth-order valence-corrected chi connectivity index (χ4v) is 11.5. The molecule has 0 saturated carbocycles. The van der Waals surface area contributed by atoms with Crippen molar-refractivity contribution in [3.05, 3.63) is 216 Å². The molecule has 2 aliphatic rings. The number of fused-ring (bicyclic) bond motifs is 15. The van der Waals surface area contributed by atoms with Crippen molar-refractivity contribution < 1.29 is 0 Å². The lowest BCUT2D eigenvalue weighted by molar-refractivity contribution is 0.720. The average Bonchev–Trinajstić information content (AvgIpc) is 3.93. The highest BCUT2D eigenvalue weighted by Gasteiger charge is 2.51. The van der Waals surface area contributed by atoms with Crippen LogP contribution in [0.5, 0.6) is 0 Å². The number of nitrogens with zero attached hydrogens (tertiary/aromatic N) is 5. The Morgan fingerprint density at radius 1 is 0.433 bits per heavy atom. The summed E-state index contributed by atoms with van der Waals surface area (Å²) in [7, 11) is 0. The van der Waals surface area contributed by atoms with Gasteiger partial charge in [0.15, 0.2) is 0 Å². The van der Waals surface area contributed by atoms with Crippen LogP contribution >= 0.6 is 11.8 Å². The molecular formula is C54H31N5S. The van der Waals surface area contributed by atoms with E-state index in [2.05, 4.69) is 179 Å². The van der Waals surface area contributed by atoms with Crippen LogP contribution in [0.2, 0.25) is 0 Å². The molecule has 1 spiro atoms. The number of hydrogen-bond donors (Lipinski definition) is 0. The van der Waals surface area contributed by atoms with Gasteiger partial charge in [0.1, 0.15) is 0 Å². The summed E-state index contributed by atoms with van der Waals surface area (Å²) in [6, 6.07) is 65.6. The molecule has 278 valence electrons. The van der Waals surface area contributed by atoms with E-state index >= 15 is 0 Å². The molecule has 7 aromatic carbocycles. The van der Waals surface area contributed by atoms with Crippen LogP contribution in [-0.4, -0.2) is 19.1 Å². The summed E-state index contributed by atoms with van der Waals surface area (Å²) < 4.78 is 4.69. The van der Waals surface area contributed by atoms with E-state index in [0.29, 0.717) is 5.56 Å². The zero-order valence-corrected chi connectivity index (χ0v) is 32.9. The molecule has 4 aromatic heterocycles. The standard InChI is InChI=1S/C54H31N5S/c55-32-33-21-24-48(49(29-33)59-44-17-5-1-11-36(44)37-12-2-6-18-45(37)59)58-46-19-7-3-13-38(46)39-30-34(22-25-47(39)58)35-23-26-51-43(31-35)54(40-14-4-8-20-50(40)60-51)41-15-9-27-56-52(41)53-42(54)16-10-28-57-53/h1-31H. The molecule has 0 amide bonds. The Labute approximate surface area is 349 Å². The van der Waals surface area contributed by atoms with Gasteiger partial charge in [-0.05, 0) is 112 Å². The summed E-state index contributed by atoms with van der Waals surface area (Å²) >= 11 is 1.84. The maximum Gasteiger partial charge on any atom is 0.0992 e. The molecule has 11 aromatic rings. The van der Waals surface area contributed by atoms with Crippen molar-refractivity contribution in [2.45, 2.75) is 15.2 Å². The van der Waals surface area contributed by atoms with E-state index in [4.69, 9.17) is 9.97 Å². The summed E-state index contributed by atoms with van der Waals surface area (Å²) in [5.74, 6) is 0. The maximum atomic E-state index is 10.2. The first-order chi connectivity index (χ1) is 29.7. The molecule has 0 radical (unpaired) electrons. The third kappa shape index (κ3) is 4.36. The third-order valence-corrected chi connectivity index (χ3v) is 13.9. The first-order valence-electron chi connectivity index (χ1n) is 20.1. The topological polar surface area (TPSA) is 59.4 Å². The van der Waals surface area contributed by atoms with Gasteiger partial charge in [-0.15, -0.1) is 0 Å². The van der Waals surface area contributed by atoms with Crippen molar-refractivity contribution in [1.29, 1.82) is 5.26 Å². The van der Waals surface area contributed by atoms with Gasteiger partial charge in [0.05, 0.1) is 61.9 Å². The van der Waals surface area contributed by atoms with Crippen molar-refractivity contribution in [2.75, 3.05) is 0 Å². The number of benzene rings is 7. The second-order valence-electron chi connectivity index (χ2n) is 15.6. The summed E-state index contributed by atoms with van der Waals surface area (Å²) in [5.41, 5.74) is 15.5. The van der Waals surface area contributed by atoms with Crippen LogP contribution in [0, 0.1) is 11.3 Å². The minimum absolute atomic E-state index is 0.556. The van der Waals surface area contributed by atoms with Gasteiger partial charge in [-0.25, -0.2) is 0 Å². The normalized spacial score (nSPS) is 13.4. The number of aromatic nitrogens is 4. The van der Waals surface area contributed by atoms with Crippen LogP contribution < -0.4 is 0 Å². The van der Waals surface area contributed by atoms with E-state index in [1.165, 1.54) is 48.2 Å². The Balaban J connectivity index is 1.04. The van der Waals surface area contributed by atoms with Crippen molar-refractivity contribution >= 4 is 55.4 Å². The third-order valence-electron chi connectivity index (χ3n) is 12.7. The van der Waals surface area contributed by atoms with Gasteiger partial charge < -0.3 is 9.13 Å². The molecule has 5 heterocycles. The molecule has 1 aliphatic carbocycles. The van der Waals surface area contributed by atoms with Gasteiger partial charge in [-0.3, -0.25) is 9.97 Å². The zero-order valence-electron chi connectivity index (χ0n) is 32.0. The molecule has 0 N–H and O–H groups in total.